The average Bonchev–Trinajstić information content (AvgIpc) is 2.59. The van der Waals surface area contributed by atoms with E-state index in [9.17, 15) is 9.59 Å². The van der Waals surface area contributed by atoms with Gasteiger partial charge in [-0.05, 0) is 30.5 Å². The van der Waals surface area contributed by atoms with Gasteiger partial charge in [-0.2, -0.15) is 0 Å². The molecule has 0 unspecified atom stereocenters. The van der Waals surface area contributed by atoms with Gasteiger partial charge in [0.25, 0.3) is 0 Å². The Balaban J connectivity index is 1.77. The van der Waals surface area contributed by atoms with Crippen LogP contribution in [0.4, 0.5) is 10.5 Å². The molecule has 0 spiro atoms. The van der Waals surface area contributed by atoms with Crippen molar-refractivity contribution in [2.24, 2.45) is 0 Å². The van der Waals surface area contributed by atoms with E-state index in [1.807, 2.05) is 36.4 Å². The number of benzene rings is 2. The standard InChI is InChI=1S/C19H22N2O3/c22-18(11-13-21-19(23)24)16-9-4-10-17(14-16)20-12-5-8-15-6-2-1-3-7-15/h1-4,6-7,9-10,14,20-21H,5,8,11-13H2,(H,23,24). The molecule has 3 N–H and O–H groups in total. The van der Waals surface area contributed by atoms with Gasteiger partial charge in [0.15, 0.2) is 5.78 Å². The Bertz CT molecular complexity index is 671. The molecule has 0 saturated heterocycles. The van der Waals surface area contributed by atoms with Gasteiger partial charge in [0.2, 0.25) is 0 Å². The summed E-state index contributed by atoms with van der Waals surface area (Å²) in [6, 6.07) is 17.6. The highest BCUT2D eigenvalue weighted by Gasteiger charge is 2.07. The number of Topliss-reactive ketones (excluding diaryl/α,β-unsaturated/α-hetero) is 1. The molecule has 0 radical (unpaired) electrons. The molecular formula is C19H22N2O3. The van der Waals surface area contributed by atoms with Crippen molar-refractivity contribution < 1.29 is 14.7 Å². The van der Waals surface area contributed by atoms with Crippen LogP contribution in [0.15, 0.2) is 54.6 Å². The highest BCUT2D eigenvalue weighted by Crippen LogP contribution is 2.13. The van der Waals surface area contributed by atoms with Crippen molar-refractivity contribution >= 4 is 17.6 Å². The lowest BCUT2D eigenvalue weighted by Gasteiger charge is -2.08. The van der Waals surface area contributed by atoms with Gasteiger partial charge >= 0.3 is 6.09 Å². The molecule has 0 fully saturated rings. The molecule has 0 aliphatic heterocycles. The number of ketones is 1. The molecule has 24 heavy (non-hydrogen) atoms. The van der Waals surface area contributed by atoms with E-state index in [0.29, 0.717) is 5.56 Å². The molecule has 5 nitrogen and oxygen atoms in total. The van der Waals surface area contributed by atoms with Crippen molar-refractivity contribution in [3.8, 4) is 0 Å². The SMILES string of the molecule is O=C(O)NCCC(=O)c1cccc(NCCCc2ccccc2)c1. The number of carbonyl (C=O) groups is 2. The highest BCUT2D eigenvalue weighted by molar-refractivity contribution is 5.97. The molecule has 5 heteroatoms. The maximum atomic E-state index is 12.0. The fourth-order valence-electron chi connectivity index (χ4n) is 2.40. The van der Waals surface area contributed by atoms with E-state index in [1.54, 1.807) is 6.07 Å². The number of hydrogen-bond acceptors (Lipinski definition) is 3. The van der Waals surface area contributed by atoms with Gasteiger partial charge in [-0.25, -0.2) is 4.79 Å². The normalized spacial score (nSPS) is 10.2. The summed E-state index contributed by atoms with van der Waals surface area (Å²) in [6.07, 6.45) is 1.05. The minimum Gasteiger partial charge on any atom is -0.465 e. The zero-order chi connectivity index (χ0) is 17.2. The number of amides is 1. The van der Waals surface area contributed by atoms with Crippen LogP contribution in [0.25, 0.3) is 0 Å². The fraction of sp³-hybridized carbons (Fsp3) is 0.263. The third kappa shape index (κ3) is 6.12. The van der Waals surface area contributed by atoms with E-state index < -0.39 is 6.09 Å². The average molecular weight is 326 g/mol. The Hall–Kier alpha value is -2.82. The van der Waals surface area contributed by atoms with E-state index in [4.69, 9.17) is 5.11 Å². The lowest BCUT2D eigenvalue weighted by molar-refractivity contribution is 0.0983. The number of carboxylic acid groups (broad SMARTS) is 1. The molecule has 2 aromatic carbocycles. The number of carbonyl (C=O) groups excluding carboxylic acids is 1. The monoisotopic (exact) mass is 326 g/mol. The molecule has 0 aromatic heterocycles. The second-order valence-corrected chi connectivity index (χ2v) is 5.50. The van der Waals surface area contributed by atoms with Crippen molar-refractivity contribution in [3.05, 3.63) is 65.7 Å². The molecular weight excluding hydrogens is 304 g/mol. The molecule has 0 heterocycles. The summed E-state index contributed by atoms with van der Waals surface area (Å²) in [4.78, 5) is 22.4. The number of nitrogens with one attached hydrogen (secondary N) is 2. The second-order valence-electron chi connectivity index (χ2n) is 5.50. The zero-order valence-corrected chi connectivity index (χ0v) is 13.5. The van der Waals surface area contributed by atoms with Crippen LogP contribution in [-0.2, 0) is 6.42 Å². The van der Waals surface area contributed by atoms with Crippen LogP contribution >= 0.6 is 0 Å². The van der Waals surface area contributed by atoms with Crippen molar-refractivity contribution in [1.82, 2.24) is 5.32 Å². The minimum atomic E-state index is -1.11. The maximum absolute atomic E-state index is 12.0. The van der Waals surface area contributed by atoms with Gasteiger partial charge in [-0.1, -0.05) is 42.5 Å². The van der Waals surface area contributed by atoms with Crippen molar-refractivity contribution in [2.45, 2.75) is 19.3 Å². The van der Waals surface area contributed by atoms with E-state index >= 15 is 0 Å². The van der Waals surface area contributed by atoms with Crippen molar-refractivity contribution in [1.29, 1.82) is 0 Å². The molecule has 2 aromatic rings. The molecule has 0 bridgehead atoms. The lowest BCUT2D eigenvalue weighted by Crippen LogP contribution is -2.23. The summed E-state index contributed by atoms with van der Waals surface area (Å²) in [5.41, 5.74) is 2.81. The van der Waals surface area contributed by atoms with Crippen LogP contribution in [0.1, 0.15) is 28.8 Å². The van der Waals surface area contributed by atoms with Gasteiger partial charge in [0.05, 0.1) is 0 Å². The van der Waals surface area contributed by atoms with Crippen LogP contribution in [0, 0.1) is 0 Å². The quantitative estimate of drug-likeness (QED) is 0.486. The van der Waals surface area contributed by atoms with Crippen LogP contribution in [-0.4, -0.2) is 30.1 Å². The second kappa shape index (κ2) is 9.35. The Kier molecular flexibility index (Phi) is 6.83. The van der Waals surface area contributed by atoms with Crippen molar-refractivity contribution in [3.63, 3.8) is 0 Å². The molecule has 0 aliphatic rings. The first-order valence-corrected chi connectivity index (χ1v) is 8.03. The van der Waals surface area contributed by atoms with Crippen LogP contribution < -0.4 is 10.6 Å². The molecule has 126 valence electrons. The van der Waals surface area contributed by atoms with E-state index in [-0.39, 0.29) is 18.7 Å². The molecule has 0 atom stereocenters. The zero-order valence-electron chi connectivity index (χ0n) is 13.5. The fourth-order valence-corrected chi connectivity index (χ4v) is 2.40. The number of aryl methyl sites for hydroxylation is 1. The first-order valence-electron chi connectivity index (χ1n) is 8.03. The number of hydrogen-bond donors (Lipinski definition) is 3. The first-order chi connectivity index (χ1) is 11.6. The summed E-state index contributed by atoms with van der Waals surface area (Å²) < 4.78 is 0. The Labute approximate surface area is 141 Å². The summed E-state index contributed by atoms with van der Waals surface area (Å²) in [5.74, 6) is -0.0725. The van der Waals surface area contributed by atoms with Gasteiger partial charge in [0, 0.05) is 30.8 Å². The topological polar surface area (TPSA) is 78.4 Å². The van der Waals surface area contributed by atoms with Gasteiger partial charge in [-0.3, -0.25) is 4.79 Å². The predicted molar refractivity (Wildman–Crippen MR) is 94.7 cm³/mol. The van der Waals surface area contributed by atoms with Gasteiger partial charge in [-0.15, -0.1) is 0 Å². The Morgan fingerprint density at radius 2 is 1.75 bits per heavy atom. The van der Waals surface area contributed by atoms with Crippen LogP contribution in [0.2, 0.25) is 0 Å². The van der Waals surface area contributed by atoms with E-state index in [1.165, 1.54) is 5.56 Å². The van der Waals surface area contributed by atoms with Crippen LogP contribution in [0.5, 0.6) is 0 Å². The van der Waals surface area contributed by atoms with Crippen molar-refractivity contribution in [2.75, 3.05) is 18.4 Å². The minimum absolute atomic E-state index is 0.0725. The summed E-state index contributed by atoms with van der Waals surface area (Å²) in [7, 11) is 0. The lowest BCUT2D eigenvalue weighted by atomic mass is 10.1. The van der Waals surface area contributed by atoms with E-state index in [0.717, 1.165) is 25.1 Å². The molecule has 0 saturated carbocycles. The first kappa shape index (κ1) is 17.5. The predicted octanol–water partition coefficient (Wildman–Crippen LogP) is 3.57. The number of rotatable bonds is 9. The number of anilines is 1. The largest absolute Gasteiger partial charge is 0.465 e. The van der Waals surface area contributed by atoms with Gasteiger partial charge < -0.3 is 15.7 Å². The third-order valence-electron chi connectivity index (χ3n) is 3.63. The smallest absolute Gasteiger partial charge is 0.404 e. The molecule has 1 amide bonds. The van der Waals surface area contributed by atoms with Gasteiger partial charge in [0.1, 0.15) is 0 Å². The summed E-state index contributed by atoms with van der Waals surface area (Å²) >= 11 is 0. The Morgan fingerprint density at radius 3 is 2.50 bits per heavy atom. The summed E-state index contributed by atoms with van der Waals surface area (Å²) in [6.45, 7) is 0.954. The molecule has 0 aliphatic carbocycles. The maximum Gasteiger partial charge on any atom is 0.404 e. The molecule has 2 rings (SSSR count). The highest BCUT2D eigenvalue weighted by atomic mass is 16.4. The van der Waals surface area contributed by atoms with E-state index in [2.05, 4.69) is 22.8 Å². The third-order valence-corrected chi connectivity index (χ3v) is 3.63. The Morgan fingerprint density at radius 1 is 0.958 bits per heavy atom. The summed E-state index contributed by atoms with van der Waals surface area (Å²) in [5, 5.41) is 14.0. The van der Waals surface area contributed by atoms with Crippen LogP contribution in [0.3, 0.4) is 0 Å².